The fraction of sp³-hybridized carbons (Fsp3) is 0.323. The topological polar surface area (TPSA) is 385 Å². The molecule has 33 nitrogen and oxygen atoms in total. The van der Waals surface area contributed by atoms with Gasteiger partial charge in [0.15, 0.2) is 0 Å². The first-order valence-electron chi connectivity index (χ1n) is 42.1. The molecule has 12 aromatic rings. The van der Waals surface area contributed by atoms with Crippen molar-refractivity contribution < 1.29 is 43.0 Å². The van der Waals surface area contributed by atoms with Crippen molar-refractivity contribution in [3.8, 4) is 69.3 Å². The molecular weight excluding hydrogens is 1600 g/mol. The second kappa shape index (κ2) is 40.8. The first-order chi connectivity index (χ1) is 61.7. The molecular formula is C93H96N24O9. The van der Waals surface area contributed by atoms with Crippen molar-refractivity contribution in [3.05, 3.63) is 199 Å². The first kappa shape index (κ1) is 85.2. The van der Waals surface area contributed by atoms with E-state index in [0.717, 1.165) is 205 Å². The number of amides is 6. The Kier molecular flexibility index (Phi) is 27.6. The van der Waals surface area contributed by atoms with Crippen LogP contribution in [-0.2, 0) is 48.2 Å². The molecule has 1 atom stereocenters. The number of pyridine rings is 3. The summed E-state index contributed by atoms with van der Waals surface area (Å²) in [6.07, 6.45) is 12.3. The average Bonchev–Trinajstić information content (AvgIpc) is 1.65. The number of nitrogens with one attached hydrogen (secondary N) is 9. The summed E-state index contributed by atoms with van der Waals surface area (Å²) in [4.78, 5) is 137. The highest BCUT2D eigenvalue weighted by Gasteiger charge is 2.30. The van der Waals surface area contributed by atoms with Gasteiger partial charge < -0.3 is 75.8 Å². The molecule has 6 fully saturated rings. The number of anilines is 6. The number of carbonyl (C=O) groups excluding carboxylic acids is 6. The van der Waals surface area contributed by atoms with Crippen LogP contribution in [0.2, 0.25) is 0 Å². The highest BCUT2D eigenvalue weighted by atomic mass is 16.5. The Hall–Kier alpha value is -14.4. The van der Waals surface area contributed by atoms with E-state index in [9.17, 15) is 28.8 Å². The Bertz CT molecular complexity index is 6110. The monoisotopic (exact) mass is 1690 g/mol. The quantitative estimate of drug-likeness (QED) is 0.0304. The van der Waals surface area contributed by atoms with Gasteiger partial charge in [0, 0.05) is 163 Å². The molecule has 15 heterocycles. The third kappa shape index (κ3) is 21.8. The fourth-order valence-electron chi connectivity index (χ4n) is 16.1. The number of aromatic amines is 3. The predicted molar refractivity (Wildman–Crippen MR) is 479 cm³/mol. The largest absolute Gasteiger partial charge is 0.378 e. The second-order valence-electron chi connectivity index (χ2n) is 31.2. The van der Waals surface area contributed by atoms with Crippen LogP contribution in [-0.4, -0.2) is 246 Å². The number of nitrogens with zero attached hydrogens (tertiary/aromatic N) is 15. The molecule has 33 heteroatoms. The van der Waals surface area contributed by atoms with E-state index in [2.05, 4.69) is 175 Å². The lowest BCUT2D eigenvalue weighted by molar-refractivity contribution is -0.118. The van der Waals surface area contributed by atoms with Crippen LogP contribution < -0.4 is 46.6 Å². The minimum absolute atomic E-state index is 0.0787. The molecule has 6 aliphatic rings. The minimum atomic E-state index is -0.275. The number of morpholine rings is 3. The molecule has 18 rings (SSSR count). The molecule has 0 spiro atoms. The Morgan fingerprint density at radius 1 is 0.357 bits per heavy atom. The highest BCUT2D eigenvalue weighted by Crippen LogP contribution is 2.34. The zero-order valence-corrected chi connectivity index (χ0v) is 70.2. The fourth-order valence-corrected chi connectivity index (χ4v) is 16.1. The van der Waals surface area contributed by atoms with Crippen LogP contribution in [0.25, 0.3) is 66.9 Å². The molecule has 6 amide bonds. The number of H-pyrrole nitrogens is 3. The van der Waals surface area contributed by atoms with E-state index >= 15 is 0 Å². The molecule has 0 bridgehead atoms. The summed E-state index contributed by atoms with van der Waals surface area (Å²) in [6.45, 7) is 20.7. The van der Waals surface area contributed by atoms with Crippen molar-refractivity contribution in [2.24, 2.45) is 0 Å². The summed E-state index contributed by atoms with van der Waals surface area (Å²) >= 11 is 0. The standard InChI is InChI=1S/C32H34N8O3.C31H32N8O3.C30H30N8O3/c1-2-3-29(41)36-25-9-12-39(13-10-25)20-22-8-11-33-28(18-22)32(42)37-24-6-4-23(5-7-24)27-19-26-30(38-27)34-21-35-31(26)40-14-16-43-17-15-40;1-2-3-28(40)35-24-9-11-38(19-24)18-21-8-10-32-27(16-21)31(41)36-23-6-4-22(5-7-23)26-17-25-29(37-26)33-20-34-30(25)39-12-14-42-15-13-39;1-2-3-27(39)34-23-17-37(18-23)16-20-8-9-31-26(14-20)30(40)35-22-6-4-21(5-7-22)25-15-24-28(36-25)32-19-33-29(24)38-10-12-41-13-11-38/h4-8,11,18-19,21,25H,9-10,12-17,20H2,1H3,(H,36,41)(H,37,42)(H,34,35,38);4-8,10,16-17,20,24H,9,11-15,18-19H2,1H3,(H,35,40)(H,36,41)(H,33,34,37);4-9,14-15,19,23H,10-13,16-18H2,1H3,(H,34,39)(H,35,40)(H,32,33,36). The summed E-state index contributed by atoms with van der Waals surface area (Å²) in [5.41, 5.74) is 14.1. The van der Waals surface area contributed by atoms with Gasteiger partial charge in [-0.2, -0.15) is 0 Å². The zero-order valence-electron chi connectivity index (χ0n) is 70.2. The average molecular weight is 1690 g/mol. The molecule has 6 aliphatic heterocycles. The zero-order chi connectivity index (χ0) is 86.7. The van der Waals surface area contributed by atoms with Gasteiger partial charge in [0.2, 0.25) is 0 Å². The third-order valence-corrected chi connectivity index (χ3v) is 22.4. The predicted octanol–water partition coefficient (Wildman–Crippen LogP) is 8.47. The van der Waals surface area contributed by atoms with E-state index in [-0.39, 0.29) is 53.6 Å². The van der Waals surface area contributed by atoms with Gasteiger partial charge in [-0.1, -0.05) is 54.2 Å². The number of benzene rings is 3. The van der Waals surface area contributed by atoms with Crippen LogP contribution in [0.4, 0.5) is 34.5 Å². The first-order valence-corrected chi connectivity index (χ1v) is 42.1. The Morgan fingerprint density at radius 3 is 1.02 bits per heavy atom. The van der Waals surface area contributed by atoms with E-state index in [1.165, 1.54) is 0 Å². The van der Waals surface area contributed by atoms with Gasteiger partial charge in [0.1, 0.15) is 70.5 Å². The van der Waals surface area contributed by atoms with Gasteiger partial charge in [0.05, 0.1) is 61.8 Å². The Balaban J connectivity index is 0.000000139. The van der Waals surface area contributed by atoms with Crippen LogP contribution in [0.1, 0.15) is 88.2 Å². The lowest BCUT2D eigenvalue weighted by Crippen LogP contribution is -2.58. The molecule has 642 valence electrons. The third-order valence-electron chi connectivity index (χ3n) is 22.4. The molecule has 3 aromatic carbocycles. The van der Waals surface area contributed by atoms with Crippen molar-refractivity contribution >= 4 is 103 Å². The van der Waals surface area contributed by atoms with Gasteiger partial charge in [-0.05, 0) is 182 Å². The van der Waals surface area contributed by atoms with Crippen molar-refractivity contribution in [3.63, 3.8) is 0 Å². The van der Waals surface area contributed by atoms with Crippen LogP contribution >= 0.6 is 0 Å². The van der Waals surface area contributed by atoms with Crippen LogP contribution in [0, 0.1) is 35.5 Å². The van der Waals surface area contributed by atoms with Crippen molar-refractivity contribution in [2.75, 3.05) is 149 Å². The van der Waals surface area contributed by atoms with Crippen molar-refractivity contribution in [1.29, 1.82) is 0 Å². The van der Waals surface area contributed by atoms with Crippen LogP contribution in [0.5, 0.6) is 0 Å². The molecule has 1 unspecified atom stereocenters. The van der Waals surface area contributed by atoms with Crippen molar-refractivity contribution in [2.45, 2.75) is 77.8 Å². The van der Waals surface area contributed by atoms with E-state index in [1.807, 2.05) is 103 Å². The molecule has 0 radical (unpaired) electrons. The van der Waals surface area contributed by atoms with Gasteiger partial charge >= 0.3 is 0 Å². The number of fused-ring (bicyclic) bond motifs is 3. The van der Waals surface area contributed by atoms with Crippen molar-refractivity contribution in [1.82, 2.24) is 90.5 Å². The molecule has 0 aliphatic carbocycles. The van der Waals surface area contributed by atoms with E-state index in [4.69, 9.17) is 14.2 Å². The van der Waals surface area contributed by atoms with Gasteiger partial charge in [-0.3, -0.25) is 58.4 Å². The Labute approximate surface area is 727 Å². The number of hydrogen-bond donors (Lipinski definition) is 9. The normalized spacial score (nSPS) is 16.2. The molecule has 126 heavy (non-hydrogen) atoms. The van der Waals surface area contributed by atoms with Gasteiger partial charge in [-0.25, -0.2) is 29.9 Å². The maximum atomic E-state index is 13.0. The van der Waals surface area contributed by atoms with Crippen LogP contribution in [0.15, 0.2) is 165 Å². The number of aromatic nitrogens is 12. The van der Waals surface area contributed by atoms with E-state index < -0.39 is 0 Å². The number of carbonyl (C=O) groups is 6. The lowest BCUT2D eigenvalue weighted by Gasteiger charge is -2.39. The van der Waals surface area contributed by atoms with Gasteiger partial charge in [-0.15, -0.1) is 0 Å². The SMILES string of the molecule is CC#CC(=O)NC1CCN(Cc2ccnc(C(=O)Nc3ccc(-c4cc5c(N6CCOCC6)ncnc5[nH]4)cc3)c2)C1.CC#CC(=O)NC1CCN(Cc2ccnc(C(=O)Nc3ccc(-c4cc5c(N6CCOCC6)ncnc5[nH]4)cc3)c2)CC1.CC#CC(=O)NC1CN(Cc2ccnc(C(=O)Nc3ccc(-c4cc5c(N6CCOCC6)ncnc5[nH]4)cc3)c2)C1. The maximum Gasteiger partial charge on any atom is 0.296 e. The van der Waals surface area contributed by atoms with E-state index in [1.54, 1.807) is 64.4 Å². The summed E-state index contributed by atoms with van der Waals surface area (Å²) in [7, 11) is 0. The smallest absolute Gasteiger partial charge is 0.296 e. The van der Waals surface area contributed by atoms with E-state index in [0.29, 0.717) is 86.9 Å². The molecule has 0 saturated carbocycles. The second-order valence-corrected chi connectivity index (χ2v) is 31.2. The Morgan fingerprint density at radius 2 is 0.667 bits per heavy atom. The maximum absolute atomic E-state index is 13.0. The summed E-state index contributed by atoms with van der Waals surface area (Å²) < 4.78 is 16.5. The number of ether oxygens (including phenoxy) is 3. The lowest BCUT2D eigenvalue weighted by atomic mass is 10.0. The number of rotatable bonds is 21. The highest BCUT2D eigenvalue weighted by molar-refractivity contribution is 6.05. The molecule has 9 N–H and O–H groups in total. The minimum Gasteiger partial charge on any atom is -0.378 e. The summed E-state index contributed by atoms with van der Waals surface area (Å²) in [5.74, 6) is 16.6. The number of likely N-dealkylation sites (tertiary alicyclic amines) is 3. The van der Waals surface area contributed by atoms with Gasteiger partial charge in [0.25, 0.3) is 35.4 Å². The summed E-state index contributed by atoms with van der Waals surface area (Å²) in [6, 6.07) is 40.7. The van der Waals surface area contributed by atoms with Crippen LogP contribution in [0.3, 0.4) is 0 Å². The number of piperidine rings is 1. The summed E-state index contributed by atoms with van der Waals surface area (Å²) in [5, 5.41) is 20.6. The molecule has 6 saturated heterocycles. The molecule has 9 aromatic heterocycles. The number of hydrogen-bond acceptors (Lipinski definition) is 24.